The lowest BCUT2D eigenvalue weighted by molar-refractivity contribution is -0.126. The number of methoxy groups -OCH3 is 1. The summed E-state index contributed by atoms with van der Waals surface area (Å²) < 4.78 is 4.81. The summed E-state index contributed by atoms with van der Waals surface area (Å²) in [6, 6.07) is 5.52. The summed E-state index contributed by atoms with van der Waals surface area (Å²) in [5, 5.41) is 1.25. The zero-order valence-corrected chi connectivity index (χ0v) is 15.2. The molecule has 0 spiro atoms. The molecule has 5 nitrogen and oxygen atoms in total. The second-order valence-electron chi connectivity index (χ2n) is 5.99. The van der Waals surface area contributed by atoms with Gasteiger partial charge >= 0.3 is 0 Å². The third-order valence-corrected chi connectivity index (χ3v) is 4.50. The summed E-state index contributed by atoms with van der Waals surface area (Å²) in [4.78, 5) is 27.3. The Labute approximate surface area is 152 Å². The Morgan fingerprint density at radius 2 is 1.83 bits per heavy atom. The summed E-state index contributed by atoms with van der Waals surface area (Å²) in [5.41, 5.74) is 1.01. The van der Waals surface area contributed by atoms with Gasteiger partial charge in [-0.25, -0.2) is 0 Å². The number of benzene rings is 1. The number of nitrogens with zero attached hydrogens (tertiary/aromatic N) is 2. The fourth-order valence-electron chi connectivity index (χ4n) is 2.91. The second-order valence-corrected chi connectivity index (χ2v) is 6.86. The number of carbonyl (C=O) groups is 2. The fraction of sp³-hybridized carbons (Fsp3) is 0.529. The lowest BCUT2D eigenvalue weighted by Gasteiger charge is -2.37. The maximum atomic E-state index is 11.6. The summed E-state index contributed by atoms with van der Waals surface area (Å²) in [6.07, 6.45) is 1.11. The number of piperazine rings is 1. The van der Waals surface area contributed by atoms with Gasteiger partial charge in [0.2, 0.25) is 0 Å². The molecule has 0 aliphatic carbocycles. The first-order valence-electron chi connectivity index (χ1n) is 7.91. The van der Waals surface area contributed by atoms with E-state index in [1.807, 2.05) is 12.1 Å². The molecule has 2 rings (SSSR count). The number of ether oxygens (including phenoxy) is 1. The third kappa shape index (κ3) is 5.74. The van der Waals surface area contributed by atoms with E-state index in [1.165, 1.54) is 7.11 Å². The van der Waals surface area contributed by atoms with Crippen molar-refractivity contribution < 1.29 is 14.3 Å². The van der Waals surface area contributed by atoms with Gasteiger partial charge in [-0.05, 0) is 18.2 Å². The van der Waals surface area contributed by atoms with Gasteiger partial charge in [0.1, 0.15) is 12.9 Å². The molecule has 1 aromatic rings. The van der Waals surface area contributed by atoms with Crippen molar-refractivity contribution in [3.63, 3.8) is 0 Å². The predicted molar refractivity (Wildman–Crippen MR) is 96.2 cm³/mol. The van der Waals surface area contributed by atoms with E-state index in [0.29, 0.717) is 16.6 Å². The van der Waals surface area contributed by atoms with Crippen LogP contribution in [0.5, 0.6) is 0 Å². The fourth-order valence-corrected chi connectivity index (χ4v) is 3.42. The Balaban J connectivity index is 1.85. The monoisotopic (exact) mass is 372 g/mol. The lowest BCUT2D eigenvalue weighted by Crippen LogP contribution is -2.48. The van der Waals surface area contributed by atoms with Crippen molar-refractivity contribution in [2.45, 2.75) is 6.42 Å². The van der Waals surface area contributed by atoms with E-state index in [1.54, 1.807) is 6.07 Å². The van der Waals surface area contributed by atoms with Crippen LogP contribution >= 0.6 is 23.2 Å². The summed E-state index contributed by atoms with van der Waals surface area (Å²) >= 11 is 12.1. The molecule has 132 valence electrons. The summed E-state index contributed by atoms with van der Waals surface area (Å²) in [6.45, 7) is 3.97. The normalized spacial score (nSPS) is 16.9. The summed E-state index contributed by atoms with van der Waals surface area (Å²) in [7, 11) is 1.48. The van der Waals surface area contributed by atoms with Crippen molar-refractivity contribution in [1.82, 2.24) is 4.90 Å². The Morgan fingerprint density at radius 3 is 2.38 bits per heavy atom. The van der Waals surface area contributed by atoms with E-state index in [-0.39, 0.29) is 24.7 Å². The van der Waals surface area contributed by atoms with Crippen molar-refractivity contribution in [2.24, 2.45) is 5.92 Å². The first kappa shape index (κ1) is 19.2. The van der Waals surface area contributed by atoms with E-state index in [9.17, 15) is 9.59 Å². The van der Waals surface area contributed by atoms with Crippen LogP contribution in [0.2, 0.25) is 10.0 Å². The van der Waals surface area contributed by atoms with Gasteiger partial charge in [-0.15, -0.1) is 0 Å². The number of carbonyl (C=O) groups excluding carboxylic acids is 2. The van der Waals surface area contributed by atoms with E-state index in [4.69, 9.17) is 27.9 Å². The number of hydrogen-bond donors (Lipinski definition) is 0. The average Bonchev–Trinajstić information content (AvgIpc) is 2.54. The van der Waals surface area contributed by atoms with Crippen molar-refractivity contribution >= 4 is 41.0 Å². The molecule has 0 bridgehead atoms. The molecule has 1 heterocycles. The van der Waals surface area contributed by atoms with Crippen LogP contribution in [-0.2, 0) is 14.3 Å². The summed E-state index contributed by atoms with van der Waals surface area (Å²) in [5.74, 6) is -0.318. The van der Waals surface area contributed by atoms with Gasteiger partial charge in [0.05, 0.1) is 0 Å². The van der Waals surface area contributed by atoms with Crippen LogP contribution in [0, 0.1) is 5.92 Å². The zero-order chi connectivity index (χ0) is 17.5. The van der Waals surface area contributed by atoms with Crippen LogP contribution in [0.1, 0.15) is 6.42 Å². The molecule has 0 radical (unpaired) electrons. The van der Waals surface area contributed by atoms with Gasteiger partial charge in [-0.3, -0.25) is 9.69 Å². The van der Waals surface area contributed by atoms with Gasteiger partial charge in [0, 0.05) is 67.9 Å². The Hall–Kier alpha value is -1.14. The van der Waals surface area contributed by atoms with E-state index in [0.717, 1.165) is 38.2 Å². The quantitative estimate of drug-likeness (QED) is 0.656. The van der Waals surface area contributed by atoms with Crippen molar-refractivity contribution in [3.05, 3.63) is 28.2 Å². The number of Topliss-reactive ketones (excluding diaryl/α,β-unsaturated/α-hetero) is 1. The molecule has 1 aliphatic rings. The highest BCUT2D eigenvalue weighted by Gasteiger charge is 2.22. The predicted octanol–water partition coefficient (Wildman–Crippen LogP) is 2.54. The minimum atomic E-state index is -0.278. The van der Waals surface area contributed by atoms with Crippen molar-refractivity contribution in [3.8, 4) is 0 Å². The highest BCUT2D eigenvalue weighted by atomic mass is 35.5. The molecule has 1 aliphatic heterocycles. The topological polar surface area (TPSA) is 49.9 Å². The Morgan fingerprint density at radius 1 is 1.21 bits per heavy atom. The van der Waals surface area contributed by atoms with Crippen LogP contribution in [0.15, 0.2) is 18.2 Å². The van der Waals surface area contributed by atoms with E-state index < -0.39 is 0 Å². The maximum absolute atomic E-state index is 11.6. The molecule has 7 heteroatoms. The first-order valence-corrected chi connectivity index (χ1v) is 8.66. The van der Waals surface area contributed by atoms with Crippen LogP contribution in [0.25, 0.3) is 0 Å². The first-order chi connectivity index (χ1) is 11.5. The van der Waals surface area contributed by atoms with Crippen LogP contribution < -0.4 is 4.90 Å². The number of rotatable bonds is 8. The van der Waals surface area contributed by atoms with E-state index in [2.05, 4.69) is 9.80 Å². The Bertz CT molecular complexity index is 555. The van der Waals surface area contributed by atoms with Crippen molar-refractivity contribution in [1.29, 1.82) is 0 Å². The third-order valence-electron chi connectivity index (χ3n) is 4.07. The van der Waals surface area contributed by atoms with Gasteiger partial charge < -0.3 is 14.4 Å². The number of halogens is 2. The molecule has 1 unspecified atom stereocenters. The number of ketones is 1. The molecular weight excluding hydrogens is 351 g/mol. The zero-order valence-electron chi connectivity index (χ0n) is 13.7. The lowest BCUT2D eigenvalue weighted by atomic mass is 10.0. The SMILES string of the molecule is COCC(=O)CC(C=O)CN1CCN(c2cc(Cl)cc(Cl)c2)CC1. The highest BCUT2D eigenvalue weighted by molar-refractivity contribution is 6.35. The number of hydrogen-bond acceptors (Lipinski definition) is 5. The number of aldehydes is 1. The number of anilines is 1. The molecule has 0 amide bonds. The largest absolute Gasteiger partial charge is 0.377 e. The maximum Gasteiger partial charge on any atom is 0.159 e. The molecule has 0 N–H and O–H groups in total. The van der Waals surface area contributed by atoms with Crippen LogP contribution in [0.3, 0.4) is 0 Å². The van der Waals surface area contributed by atoms with Crippen molar-refractivity contribution in [2.75, 3.05) is 51.3 Å². The van der Waals surface area contributed by atoms with Gasteiger partial charge in [0.15, 0.2) is 5.78 Å². The molecule has 1 aromatic carbocycles. The molecule has 24 heavy (non-hydrogen) atoms. The van der Waals surface area contributed by atoms with Gasteiger partial charge in [-0.1, -0.05) is 23.2 Å². The van der Waals surface area contributed by atoms with Crippen LogP contribution in [-0.4, -0.2) is 63.4 Å². The van der Waals surface area contributed by atoms with E-state index >= 15 is 0 Å². The minimum absolute atomic E-state index is 0.0400. The molecule has 1 fully saturated rings. The molecule has 0 aromatic heterocycles. The average molecular weight is 373 g/mol. The molecular formula is C17H22Cl2N2O3. The standard InChI is InChI=1S/C17H22Cl2N2O3/c1-24-12-17(23)6-13(11-22)10-20-2-4-21(5-3-20)16-8-14(18)7-15(19)9-16/h7-9,11,13H,2-6,10,12H2,1H3. The van der Waals surface area contributed by atoms with Crippen LogP contribution in [0.4, 0.5) is 5.69 Å². The van der Waals surface area contributed by atoms with Gasteiger partial charge in [-0.2, -0.15) is 0 Å². The Kier molecular flexibility index (Phi) is 7.49. The van der Waals surface area contributed by atoms with Gasteiger partial charge in [0.25, 0.3) is 0 Å². The minimum Gasteiger partial charge on any atom is -0.377 e. The molecule has 1 atom stereocenters. The molecule has 0 saturated carbocycles. The second kappa shape index (κ2) is 9.37. The molecule has 1 saturated heterocycles. The highest BCUT2D eigenvalue weighted by Crippen LogP contribution is 2.26. The smallest absolute Gasteiger partial charge is 0.159 e.